The number of benzene rings is 2. The molecule has 0 aliphatic rings. The highest BCUT2D eigenvalue weighted by atomic mass is 35.5. The molecule has 0 aromatic heterocycles. The predicted octanol–water partition coefficient (Wildman–Crippen LogP) is 5.32. The lowest BCUT2D eigenvalue weighted by molar-refractivity contribution is -0.118. The number of nitrogens with one attached hydrogen (secondary N) is 1. The van der Waals surface area contributed by atoms with Gasteiger partial charge < -0.3 is 10.1 Å². The zero-order valence-electron chi connectivity index (χ0n) is 10.5. The summed E-state index contributed by atoms with van der Waals surface area (Å²) < 4.78 is 5.32. The van der Waals surface area contributed by atoms with E-state index in [0.717, 1.165) is 0 Å². The minimum atomic E-state index is -0.430. The predicted molar refractivity (Wildman–Crippen MR) is 87.0 cm³/mol. The third-order valence-electron chi connectivity index (χ3n) is 2.49. The van der Waals surface area contributed by atoms with Crippen LogP contribution in [0.15, 0.2) is 36.4 Å². The highest BCUT2D eigenvalue weighted by Gasteiger charge is 2.12. The van der Waals surface area contributed by atoms with E-state index in [1.807, 2.05) is 0 Å². The van der Waals surface area contributed by atoms with Crippen LogP contribution in [0, 0.1) is 0 Å². The first kappa shape index (κ1) is 16.2. The molecule has 2 rings (SSSR count). The average Bonchev–Trinajstić information content (AvgIpc) is 2.42. The molecule has 0 aliphatic heterocycles. The molecule has 0 fully saturated rings. The standard InChI is InChI=1S/C14H9Cl4NO2/c15-8-3-1-4-9(16)13(8)19-12(20)7-21-14-10(17)5-2-6-11(14)18/h1-6H,7H2,(H,19,20). The molecule has 0 saturated carbocycles. The van der Waals surface area contributed by atoms with Gasteiger partial charge >= 0.3 is 0 Å². The van der Waals surface area contributed by atoms with Gasteiger partial charge in [0.2, 0.25) is 0 Å². The van der Waals surface area contributed by atoms with E-state index < -0.39 is 5.91 Å². The molecule has 0 radical (unpaired) electrons. The average molecular weight is 365 g/mol. The molecule has 7 heteroatoms. The van der Waals surface area contributed by atoms with Gasteiger partial charge in [-0.05, 0) is 24.3 Å². The van der Waals surface area contributed by atoms with E-state index >= 15 is 0 Å². The van der Waals surface area contributed by atoms with Crippen LogP contribution >= 0.6 is 46.4 Å². The van der Waals surface area contributed by atoms with Crippen LogP contribution in [0.2, 0.25) is 20.1 Å². The van der Waals surface area contributed by atoms with E-state index in [0.29, 0.717) is 25.8 Å². The van der Waals surface area contributed by atoms with Gasteiger partial charge in [0.25, 0.3) is 5.91 Å². The number of hydrogen-bond donors (Lipinski definition) is 1. The Morgan fingerprint density at radius 3 is 1.90 bits per heavy atom. The fourth-order valence-corrected chi connectivity index (χ4v) is 2.55. The van der Waals surface area contributed by atoms with E-state index in [1.165, 1.54) is 0 Å². The SMILES string of the molecule is O=C(COc1c(Cl)cccc1Cl)Nc1c(Cl)cccc1Cl. The summed E-state index contributed by atoms with van der Waals surface area (Å²) in [5, 5.41) is 3.90. The van der Waals surface area contributed by atoms with Crippen molar-refractivity contribution in [1.82, 2.24) is 0 Å². The summed E-state index contributed by atoms with van der Waals surface area (Å²) in [6.45, 7) is -0.273. The summed E-state index contributed by atoms with van der Waals surface area (Å²) in [4.78, 5) is 11.9. The van der Waals surface area contributed by atoms with Gasteiger partial charge in [-0.1, -0.05) is 58.5 Å². The molecule has 0 bridgehead atoms. The van der Waals surface area contributed by atoms with Crippen LogP contribution in [-0.4, -0.2) is 12.5 Å². The molecule has 110 valence electrons. The molecule has 2 aromatic carbocycles. The lowest BCUT2D eigenvalue weighted by Gasteiger charge is -2.11. The van der Waals surface area contributed by atoms with Gasteiger partial charge in [0, 0.05) is 0 Å². The largest absolute Gasteiger partial charge is 0.481 e. The van der Waals surface area contributed by atoms with Crippen LogP contribution in [0.3, 0.4) is 0 Å². The second-order valence-electron chi connectivity index (χ2n) is 3.98. The zero-order valence-corrected chi connectivity index (χ0v) is 13.5. The maximum Gasteiger partial charge on any atom is 0.262 e. The zero-order chi connectivity index (χ0) is 15.4. The highest BCUT2D eigenvalue weighted by molar-refractivity contribution is 6.39. The maximum absolute atomic E-state index is 11.9. The molecule has 0 aliphatic carbocycles. The van der Waals surface area contributed by atoms with Crippen LogP contribution in [0.25, 0.3) is 0 Å². The molecule has 2 aromatic rings. The number of para-hydroxylation sites is 2. The van der Waals surface area contributed by atoms with Crippen molar-refractivity contribution >= 4 is 58.0 Å². The van der Waals surface area contributed by atoms with E-state index in [2.05, 4.69) is 5.32 Å². The number of ether oxygens (including phenoxy) is 1. The van der Waals surface area contributed by atoms with Crippen molar-refractivity contribution in [3.8, 4) is 5.75 Å². The number of halogens is 4. The molecule has 3 nitrogen and oxygen atoms in total. The monoisotopic (exact) mass is 363 g/mol. The van der Waals surface area contributed by atoms with Gasteiger partial charge in [-0.15, -0.1) is 0 Å². The minimum Gasteiger partial charge on any atom is -0.481 e. The van der Waals surface area contributed by atoms with Crippen LogP contribution < -0.4 is 10.1 Å². The number of amides is 1. The van der Waals surface area contributed by atoms with Crippen LogP contribution in [0.5, 0.6) is 5.75 Å². The van der Waals surface area contributed by atoms with Gasteiger partial charge in [0.05, 0.1) is 25.8 Å². The van der Waals surface area contributed by atoms with Gasteiger partial charge in [0.15, 0.2) is 12.4 Å². The Bertz CT molecular complexity index is 636. The van der Waals surface area contributed by atoms with E-state index in [-0.39, 0.29) is 12.4 Å². The fourth-order valence-electron chi connectivity index (χ4n) is 1.55. The van der Waals surface area contributed by atoms with E-state index in [4.69, 9.17) is 51.1 Å². The molecule has 0 unspecified atom stereocenters. The van der Waals surface area contributed by atoms with E-state index in [9.17, 15) is 4.79 Å². The van der Waals surface area contributed by atoms with Crippen molar-refractivity contribution in [3.05, 3.63) is 56.5 Å². The van der Waals surface area contributed by atoms with Gasteiger partial charge in [-0.25, -0.2) is 0 Å². The maximum atomic E-state index is 11.9. The first-order valence-electron chi connectivity index (χ1n) is 5.79. The van der Waals surface area contributed by atoms with Crippen molar-refractivity contribution in [2.75, 3.05) is 11.9 Å². The molecule has 1 amide bonds. The summed E-state index contributed by atoms with van der Waals surface area (Å²) in [6.07, 6.45) is 0. The van der Waals surface area contributed by atoms with E-state index in [1.54, 1.807) is 36.4 Å². The molecule has 0 heterocycles. The van der Waals surface area contributed by atoms with Crippen LogP contribution in [0.4, 0.5) is 5.69 Å². The minimum absolute atomic E-state index is 0.251. The Kier molecular flexibility index (Phi) is 5.59. The van der Waals surface area contributed by atoms with Crippen molar-refractivity contribution < 1.29 is 9.53 Å². The Morgan fingerprint density at radius 1 is 0.905 bits per heavy atom. The third-order valence-corrected chi connectivity index (χ3v) is 3.72. The summed E-state index contributed by atoms with van der Waals surface area (Å²) >= 11 is 23.8. The van der Waals surface area contributed by atoms with Crippen molar-refractivity contribution in [2.24, 2.45) is 0 Å². The highest BCUT2D eigenvalue weighted by Crippen LogP contribution is 2.33. The van der Waals surface area contributed by atoms with Gasteiger partial charge in [-0.2, -0.15) is 0 Å². The summed E-state index contributed by atoms with van der Waals surface area (Å²) in [7, 11) is 0. The van der Waals surface area contributed by atoms with Crippen LogP contribution in [0.1, 0.15) is 0 Å². The van der Waals surface area contributed by atoms with Crippen molar-refractivity contribution in [1.29, 1.82) is 0 Å². The number of rotatable bonds is 4. The Morgan fingerprint density at radius 2 is 1.38 bits per heavy atom. The normalized spacial score (nSPS) is 10.3. The lowest BCUT2D eigenvalue weighted by atomic mass is 10.3. The molecule has 0 atom stereocenters. The van der Waals surface area contributed by atoms with Gasteiger partial charge in [0.1, 0.15) is 0 Å². The Labute approximate surface area is 141 Å². The smallest absolute Gasteiger partial charge is 0.262 e. The Hall–Kier alpha value is -1.13. The van der Waals surface area contributed by atoms with Crippen molar-refractivity contribution in [3.63, 3.8) is 0 Å². The summed E-state index contributed by atoms with van der Waals surface area (Å²) in [5.74, 6) is -0.178. The lowest BCUT2D eigenvalue weighted by Crippen LogP contribution is -2.20. The topological polar surface area (TPSA) is 38.3 Å². The summed E-state index contributed by atoms with van der Waals surface area (Å²) in [6, 6.07) is 9.84. The third kappa shape index (κ3) is 4.17. The quantitative estimate of drug-likeness (QED) is 0.797. The molecular formula is C14H9Cl4NO2. The molecule has 0 saturated heterocycles. The molecule has 0 spiro atoms. The second-order valence-corrected chi connectivity index (χ2v) is 5.61. The molecule has 1 N–H and O–H groups in total. The fraction of sp³-hybridized carbons (Fsp3) is 0.0714. The number of carbonyl (C=O) groups is 1. The molecular weight excluding hydrogens is 356 g/mol. The summed E-state index contributed by atoms with van der Waals surface area (Å²) in [5.41, 5.74) is 0.333. The van der Waals surface area contributed by atoms with Gasteiger partial charge in [-0.3, -0.25) is 4.79 Å². The molecule has 21 heavy (non-hydrogen) atoms. The van der Waals surface area contributed by atoms with Crippen molar-refractivity contribution in [2.45, 2.75) is 0 Å². The second kappa shape index (κ2) is 7.23. The first-order chi connectivity index (χ1) is 9.99. The number of carbonyl (C=O) groups excluding carboxylic acids is 1. The number of anilines is 1. The first-order valence-corrected chi connectivity index (χ1v) is 7.31. The van der Waals surface area contributed by atoms with Crippen LogP contribution in [-0.2, 0) is 4.79 Å². The Balaban J connectivity index is 2.03. The number of hydrogen-bond acceptors (Lipinski definition) is 2.